The summed E-state index contributed by atoms with van der Waals surface area (Å²) in [5, 5.41) is 3.49. The minimum atomic E-state index is -0.425. The molecule has 3 aromatic carbocycles. The first-order valence-electron chi connectivity index (χ1n) is 7.93. The van der Waals surface area contributed by atoms with Crippen molar-refractivity contribution >= 4 is 23.2 Å². The largest absolute Gasteiger partial charge is 0.495 e. The van der Waals surface area contributed by atoms with E-state index in [9.17, 15) is 4.79 Å². The van der Waals surface area contributed by atoms with E-state index in [1.165, 1.54) is 0 Å². The summed E-state index contributed by atoms with van der Waals surface area (Å²) in [7, 11) is 1.56. The summed E-state index contributed by atoms with van der Waals surface area (Å²) in [6.07, 6.45) is 0. The fourth-order valence-electron chi connectivity index (χ4n) is 2.77. The van der Waals surface area contributed by atoms with Crippen molar-refractivity contribution in [3.8, 4) is 5.75 Å². The molecule has 0 aliphatic rings. The predicted molar refractivity (Wildman–Crippen MR) is 101 cm³/mol. The molecule has 3 rings (SSSR count). The number of carbonyl (C=O) groups excluding carboxylic acids is 1. The van der Waals surface area contributed by atoms with Gasteiger partial charge in [0.1, 0.15) is 5.75 Å². The number of anilines is 1. The molecule has 126 valence electrons. The van der Waals surface area contributed by atoms with E-state index >= 15 is 0 Å². The van der Waals surface area contributed by atoms with Gasteiger partial charge >= 0.3 is 0 Å². The maximum absolute atomic E-state index is 13.1. The van der Waals surface area contributed by atoms with Gasteiger partial charge in [0.15, 0.2) is 0 Å². The van der Waals surface area contributed by atoms with Crippen molar-refractivity contribution < 1.29 is 9.53 Å². The Balaban J connectivity index is 1.97. The zero-order valence-corrected chi connectivity index (χ0v) is 14.5. The van der Waals surface area contributed by atoms with Crippen molar-refractivity contribution in [1.82, 2.24) is 0 Å². The van der Waals surface area contributed by atoms with Crippen LogP contribution in [-0.2, 0) is 4.79 Å². The highest BCUT2D eigenvalue weighted by Crippen LogP contribution is 2.31. The number of amides is 1. The third-order valence-corrected chi connectivity index (χ3v) is 4.18. The summed E-state index contributed by atoms with van der Waals surface area (Å²) in [6.45, 7) is 0. The predicted octanol–water partition coefficient (Wildman–Crippen LogP) is 5.12. The number of hydrogen-bond acceptors (Lipinski definition) is 2. The molecule has 0 aliphatic carbocycles. The van der Waals surface area contributed by atoms with Gasteiger partial charge in [-0.25, -0.2) is 0 Å². The second-order valence-corrected chi connectivity index (χ2v) is 6.02. The molecule has 0 heterocycles. The summed E-state index contributed by atoms with van der Waals surface area (Å²) >= 11 is 6.06. The molecule has 0 saturated heterocycles. The molecule has 25 heavy (non-hydrogen) atoms. The summed E-state index contributed by atoms with van der Waals surface area (Å²) in [5.74, 6) is 0.00155. The normalized spacial score (nSPS) is 10.5. The fraction of sp³-hybridized carbons (Fsp3) is 0.0952. The number of carbonyl (C=O) groups is 1. The Morgan fingerprint density at radius 1 is 0.920 bits per heavy atom. The van der Waals surface area contributed by atoms with Crippen LogP contribution < -0.4 is 10.1 Å². The number of methoxy groups -OCH3 is 1. The van der Waals surface area contributed by atoms with Gasteiger partial charge in [-0.1, -0.05) is 72.3 Å². The average Bonchev–Trinajstić information content (AvgIpc) is 2.64. The third kappa shape index (κ3) is 4.01. The lowest BCUT2D eigenvalue weighted by atomic mass is 9.90. The maximum atomic E-state index is 13.1. The van der Waals surface area contributed by atoms with Crippen molar-refractivity contribution in [3.63, 3.8) is 0 Å². The molecule has 0 aliphatic heterocycles. The van der Waals surface area contributed by atoms with Crippen LogP contribution in [0.5, 0.6) is 5.75 Å². The lowest BCUT2D eigenvalue weighted by Gasteiger charge is -2.19. The molecule has 0 aromatic heterocycles. The second kappa shape index (κ2) is 7.86. The van der Waals surface area contributed by atoms with Crippen molar-refractivity contribution in [2.75, 3.05) is 12.4 Å². The Hall–Kier alpha value is -2.78. The highest BCUT2D eigenvalue weighted by molar-refractivity contribution is 6.31. The van der Waals surface area contributed by atoms with Crippen LogP contribution in [0.4, 0.5) is 5.69 Å². The molecule has 0 unspecified atom stereocenters. The van der Waals surface area contributed by atoms with E-state index in [1.807, 2.05) is 60.7 Å². The van der Waals surface area contributed by atoms with Gasteiger partial charge in [0.25, 0.3) is 0 Å². The Morgan fingerprint density at radius 2 is 1.48 bits per heavy atom. The SMILES string of the molecule is COc1ccc(Cl)cc1NC(=O)C(c1ccccc1)c1ccccc1. The minimum absolute atomic E-state index is 0.141. The molecule has 0 spiro atoms. The molecule has 0 saturated carbocycles. The number of ether oxygens (including phenoxy) is 1. The molecular weight excluding hydrogens is 334 g/mol. The monoisotopic (exact) mass is 351 g/mol. The van der Waals surface area contributed by atoms with Crippen LogP contribution in [0, 0.1) is 0 Å². The van der Waals surface area contributed by atoms with Crippen LogP contribution in [0.3, 0.4) is 0 Å². The van der Waals surface area contributed by atoms with E-state index in [4.69, 9.17) is 16.3 Å². The maximum Gasteiger partial charge on any atom is 0.236 e. The number of benzene rings is 3. The van der Waals surface area contributed by atoms with E-state index in [-0.39, 0.29) is 5.91 Å². The fourth-order valence-corrected chi connectivity index (χ4v) is 2.94. The summed E-state index contributed by atoms with van der Waals surface area (Å²) in [6, 6.07) is 24.5. The highest BCUT2D eigenvalue weighted by atomic mass is 35.5. The number of rotatable bonds is 5. The zero-order chi connectivity index (χ0) is 17.6. The van der Waals surface area contributed by atoms with Crippen molar-refractivity contribution in [2.24, 2.45) is 0 Å². The van der Waals surface area contributed by atoms with Crippen LogP contribution in [0.15, 0.2) is 78.9 Å². The van der Waals surface area contributed by atoms with Gasteiger partial charge in [-0.3, -0.25) is 4.79 Å². The first-order chi connectivity index (χ1) is 12.2. The lowest BCUT2D eigenvalue weighted by Crippen LogP contribution is -2.22. The zero-order valence-electron chi connectivity index (χ0n) is 13.8. The van der Waals surface area contributed by atoms with Crippen LogP contribution in [0.1, 0.15) is 17.0 Å². The smallest absolute Gasteiger partial charge is 0.236 e. The third-order valence-electron chi connectivity index (χ3n) is 3.95. The van der Waals surface area contributed by atoms with E-state index in [0.717, 1.165) is 11.1 Å². The molecule has 4 heteroatoms. The van der Waals surface area contributed by atoms with Gasteiger partial charge in [-0.2, -0.15) is 0 Å². The van der Waals surface area contributed by atoms with Crippen molar-refractivity contribution in [3.05, 3.63) is 95.0 Å². The van der Waals surface area contributed by atoms with Gasteiger partial charge in [0.2, 0.25) is 5.91 Å². The Kier molecular flexibility index (Phi) is 5.36. The van der Waals surface area contributed by atoms with Gasteiger partial charge in [0.05, 0.1) is 18.7 Å². The average molecular weight is 352 g/mol. The summed E-state index contributed by atoms with van der Waals surface area (Å²) in [5.41, 5.74) is 2.40. The molecule has 3 aromatic rings. The van der Waals surface area contributed by atoms with E-state index in [2.05, 4.69) is 5.32 Å². The quantitative estimate of drug-likeness (QED) is 0.692. The lowest BCUT2D eigenvalue weighted by molar-refractivity contribution is -0.116. The number of nitrogens with one attached hydrogen (secondary N) is 1. The molecular formula is C21H18ClNO2. The van der Waals surface area contributed by atoms with Gasteiger partial charge < -0.3 is 10.1 Å². The van der Waals surface area contributed by atoms with E-state index in [1.54, 1.807) is 25.3 Å². The molecule has 3 nitrogen and oxygen atoms in total. The first kappa shape index (κ1) is 17.1. The first-order valence-corrected chi connectivity index (χ1v) is 8.31. The molecule has 0 fully saturated rings. The van der Waals surface area contributed by atoms with Gasteiger partial charge in [-0.15, -0.1) is 0 Å². The van der Waals surface area contributed by atoms with Gasteiger partial charge in [-0.05, 0) is 29.3 Å². The molecule has 1 N–H and O–H groups in total. The van der Waals surface area contributed by atoms with Crippen LogP contribution in [0.2, 0.25) is 5.02 Å². The Bertz CT molecular complexity index is 811. The number of halogens is 1. The molecule has 1 amide bonds. The molecule has 0 atom stereocenters. The second-order valence-electron chi connectivity index (χ2n) is 5.59. The standard InChI is InChI=1S/C21H18ClNO2/c1-25-19-13-12-17(22)14-18(19)23-21(24)20(15-8-4-2-5-9-15)16-10-6-3-7-11-16/h2-14,20H,1H3,(H,23,24). The van der Waals surface area contributed by atoms with Crippen LogP contribution in [-0.4, -0.2) is 13.0 Å². The summed E-state index contributed by atoms with van der Waals surface area (Å²) < 4.78 is 5.32. The van der Waals surface area contributed by atoms with Crippen LogP contribution in [0.25, 0.3) is 0 Å². The Morgan fingerprint density at radius 3 is 2.00 bits per heavy atom. The molecule has 0 bridgehead atoms. The van der Waals surface area contributed by atoms with Gasteiger partial charge in [0, 0.05) is 5.02 Å². The van der Waals surface area contributed by atoms with Crippen molar-refractivity contribution in [2.45, 2.75) is 5.92 Å². The van der Waals surface area contributed by atoms with E-state index in [0.29, 0.717) is 16.5 Å². The minimum Gasteiger partial charge on any atom is -0.495 e. The summed E-state index contributed by atoms with van der Waals surface area (Å²) in [4.78, 5) is 13.1. The Labute approximate surface area is 152 Å². The van der Waals surface area contributed by atoms with Crippen LogP contribution >= 0.6 is 11.6 Å². The topological polar surface area (TPSA) is 38.3 Å². The van der Waals surface area contributed by atoms with E-state index < -0.39 is 5.92 Å². The molecule has 0 radical (unpaired) electrons. The highest BCUT2D eigenvalue weighted by Gasteiger charge is 2.23. The number of hydrogen-bond donors (Lipinski definition) is 1. The van der Waals surface area contributed by atoms with Crippen molar-refractivity contribution in [1.29, 1.82) is 0 Å².